The number of imide groups is 1. The molecule has 2 aromatic rings. The lowest BCUT2D eigenvalue weighted by Crippen LogP contribution is -2.47. The summed E-state index contributed by atoms with van der Waals surface area (Å²) < 4.78 is 0. The molecule has 1 aliphatic rings. The minimum absolute atomic E-state index is 0.0841. The Labute approximate surface area is 165 Å². The van der Waals surface area contributed by atoms with Gasteiger partial charge in [0.2, 0.25) is 5.91 Å². The number of thioether (sulfide) groups is 1. The monoisotopic (exact) mass is 397 g/mol. The number of nitrogens with one attached hydrogen (secondary N) is 1. The number of benzene rings is 2. The van der Waals surface area contributed by atoms with E-state index in [2.05, 4.69) is 5.32 Å². The van der Waals surface area contributed by atoms with E-state index in [1.54, 1.807) is 24.3 Å². The Morgan fingerprint density at radius 3 is 2.29 bits per heavy atom. The van der Waals surface area contributed by atoms with Crippen molar-refractivity contribution in [2.45, 2.75) is 12.5 Å². The SMILES string of the molecule is CSCC[C@H](C(=O)Nc1cccc(C(=O)[O-])c1)N1C(=O)c2ccccc2C1=O. The molecule has 2 aromatic carbocycles. The largest absolute Gasteiger partial charge is 0.545 e. The lowest BCUT2D eigenvalue weighted by Gasteiger charge is -2.25. The van der Waals surface area contributed by atoms with Crippen LogP contribution in [0.4, 0.5) is 5.69 Å². The van der Waals surface area contributed by atoms with E-state index in [9.17, 15) is 24.3 Å². The van der Waals surface area contributed by atoms with Gasteiger partial charge in [-0.05, 0) is 48.3 Å². The fourth-order valence-corrected chi connectivity index (χ4v) is 3.51. The zero-order chi connectivity index (χ0) is 20.3. The predicted molar refractivity (Wildman–Crippen MR) is 103 cm³/mol. The third-order valence-electron chi connectivity index (χ3n) is 4.40. The second-order valence-corrected chi connectivity index (χ2v) is 7.17. The number of hydrogen-bond donors (Lipinski definition) is 1. The normalized spacial score (nSPS) is 14.0. The van der Waals surface area contributed by atoms with Crippen molar-refractivity contribution in [1.82, 2.24) is 4.90 Å². The number of amides is 3. The molecule has 0 spiro atoms. The molecule has 0 aliphatic carbocycles. The summed E-state index contributed by atoms with van der Waals surface area (Å²) in [6.45, 7) is 0. The van der Waals surface area contributed by atoms with E-state index in [1.165, 1.54) is 36.0 Å². The molecular formula is C20H17N2O5S-. The second-order valence-electron chi connectivity index (χ2n) is 6.18. The number of anilines is 1. The smallest absolute Gasteiger partial charge is 0.262 e. The van der Waals surface area contributed by atoms with Gasteiger partial charge in [0.25, 0.3) is 11.8 Å². The van der Waals surface area contributed by atoms with Crippen molar-refractivity contribution in [3.63, 3.8) is 0 Å². The Morgan fingerprint density at radius 2 is 1.71 bits per heavy atom. The van der Waals surface area contributed by atoms with Crippen molar-refractivity contribution in [3.8, 4) is 0 Å². The first-order valence-corrected chi connectivity index (χ1v) is 9.91. The van der Waals surface area contributed by atoms with E-state index >= 15 is 0 Å². The van der Waals surface area contributed by atoms with Crippen molar-refractivity contribution in [1.29, 1.82) is 0 Å². The van der Waals surface area contributed by atoms with E-state index in [0.717, 1.165) is 4.90 Å². The summed E-state index contributed by atoms with van der Waals surface area (Å²) >= 11 is 1.49. The summed E-state index contributed by atoms with van der Waals surface area (Å²) in [7, 11) is 0. The van der Waals surface area contributed by atoms with Crippen LogP contribution in [0.3, 0.4) is 0 Å². The number of rotatable bonds is 7. The molecule has 1 N–H and O–H groups in total. The molecule has 28 heavy (non-hydrogen) atoms. The van der Waals surface area contributed by atoms with Crippen molar-refractivity contribution in [3.05, 3.63) is 65.2 Å². The first-order valence-electron chi connectivity index (χ1n) is 8.52. The summed E-state index contributed by atoms with van der Waals surface area (Å²) in [6.07, 6.45) is 2.14. The van der Waals surface area contributed by atoms with Gasteiger partial charge in [-0.1, -0.05) is 24.3 Å². The van der Waals surface area contributed by atoms with Gasteiger partial charge in [0, 0.05) is 5.69 Å². The average molecular weight is 397 g/mol. The Kier molecular flexibility index (Phi) is 5.79. The van der Waals surface area contributed by atoms with Gasteiger partial charge in [-0.2, -0.15) is 11.8 Å². The third-order valence-corrected chi connectivity index (χ3v) is 5.04. The minimum Gasteiger partial charge on any atom is -0.545 e. The van der Waals surface area contributed by atoms with Crippen LogP contribution in [0.15, 0.2) is 48.5 Å². The van der Waals surface area contributed by atoms with Crippen LogP contribution in [-0.2, 0) is 4.79 Å². The number of carbonyl (C=O) groups excluding carboxylic acids is 4. The van der Waals surface area contributed by atoms with Crippen molar-refractivity contribution in [2.24, 2.45) is 0 Å². The Morgan fingerprint density at radius 1 is 1.07 bits per heavy atom. The molecular weight excluding hydrogens is 380 g/mol. The topological polar surface area (TPSA) is 107 Å². The maximum Gasteiger partial charge on any atom is 0.262 e. The maximum absolute atomic E-state index is 12.9. The van der Waals surface area contributed by atoms with Crippen LogP contribution < -0.4 is 10.4 Å². The number of aromatic carboxylic acids is 1. The number of carboxylic acid groups (broad SMARTS) is 1. The van der Waals surface area contributed by atoms with Gasteiger partial charge in [0.15, 0.2) is 0 Å². The minimum atomic E-state index is -1.37. The molecule has 144 valence electrons. The van der Waals surface area contributed by atoms with Gasteiger partial charge in [-0.3, -0.25) is 19.3 Å². The van der Waals surface area contributed by atoms with Crippen LogP contribution in [0.1, 0.15) is 37.5 Å². The number of carboxylic acids is 1. The number of fused-ring (bicyclic) bond motifs is 1. The number of nitrogens with zero attached hydrogens (tertiary/aromatic N) is 1. The summed E-state index contributed by atoms with van der Waals surface area (Å²) in [4.78, 5) is 50.4. The maximum atomic E-state index is 12.9. The third kappa shape index (κ3) is 3.77. The molecule has 8 heteroatoms. The van der Waals surface area contributed by atoms with Gasteiger partial charge >= 0.3 is 0 Å². The van der Waals surface area contributed by atoms with E-state index in [0.29, 0.717) is 5.75 Å². The molecule has 1 heterocycles. The predicted octanol–water partition coefficient (Wildman–Crippen LogP) is 1.41. The fraction of sp³-hybridized carbons (Fsp3) is 0.200. The Bertz CT molecular complexity index is 924. The molecule has 3 amide bonds. The molecule has 1 atom stereocenters. The quantitative estimate of drug-likeness (QED) is 0.708. The summed E-state index contributed by atoms with van der Waals surface area (Å²) in [5.41, 5.74) is 0.707. The zero-order valence-electron chi connectivity index (χ0n) is 15.0. The van der Waals surface area contributed by atoms with Gasteiger partial charge < -0.3 is 15.2 Å². The molecule has 0 radical (unpaired) electrons. The molecule has 3 rings (SSSR count). The highest BCUT2D eigenvalue weighted by molar-refractivity contribution is 7.98. The van der Waals surface area contributed by atoms with Crippen molar-refractivity contribution in [2.75, 3.05) is 17.3 Å². The molecule has 0 unspecified atom stereocenters. The van der Waals surface area contributed by atoms with Crippen LogP contribution in [0, 0.1) is 0 Å². The first-order chi connectivity index (χ1) is 13.4. The Balaban J connectivity index is 1.87. The Hall–Kier alpha value is -3.13. The van der Waals surface area contributed by atoms with Crippen molar-refractivity contribution >= 4 is 41.1 Å². The van der Waals surface area contributed by atoms with E-state index in [4.69, 9.17) is 0 Å². The van der Waals surface area contributed by atoms with Crippen LogP contribution in [0.25, 0.3) is 0 Å². The molecule has 0 aromatic heterocycles. The summed E-state index contributed by atoms with van der Waals surface area (Å²) in [5.74, 6) is -2.38. The average Bonchev–Trinajstić information content (AvgIpc) is 2.94. The van der Waals surface area contributed by atoms with E-state index in [-0.39, 0.29) is 28.8 Å². The first kappa shape index (κ1) is 19.6. The number of hydrogen-bond acceptors (Lipinski definition) is 6. The lowest BCUT2D eigenvalue weighted by atomic mass is 10.1. The zero-order valence-corrected chi connectivity index (χ0v) is 15.8. The van der Waals surface area contributed by atoms with Gasteiger partial charge in [-0.15, -0.1) is 0 Å². The summed E-state index contributed by atoms with van der Waals surface area (Å²) in [6, 6.07) is 11.0. The summed E-state index contributed by atoms with van der Waals surface area (Å²) in [5, 5.41) is 13.6. The van der Waals surface area contributed by atoms with Crippen LogP contribution in [0.5, 0.6) is 0 Å². The highest BCUT2D eigenvalue weighted by atomic mass is 32.2. The second kappa shape index (κ2) is 8.26. The van der Waals surface area contributed by atoms with Gasteiger partial charge in [0.1, 0.15) is 6.04 Å². The van der Waals surface area contributed by atoms with E-state index < -0.39 is 29.7 Å². The van der Waals surface area contributed by atoms with Crippen LogP contribution in [0.2, 0.25) is 0 Å². The van der Waals surface area contributed by atoms with Crippen LogP contribution in [-0.4, -0.2) is 46.6 Å². The van der Waals surface area contributed by atoms with E-state index in [1.807, 2.05) is 6.26 Å². The number of carbonyl (C=O) groups is 4. The van der Waals surface area contributed by atoms with Gasteiger partial charge in [-0.25, -0.2) is 0 Å². The highest BCUT2D eigenvalue weighted by Gasteiger charge is 2.42. The molecule has 0 fully saturated rings. The lowest BCUT2D eigenvalue weighted by molar-refractivity contribution is -0.255. The van der Waals surface area contributed by atoms with Gasteiger partial charge in [0.05, 0.1) is 17.1 Å². The molecule has 1 aliphatic heterocycles. The molecule has 7 nitrogen and oxygen atoms in total. The molecule has 0 saturated heterocycles. The molecule has 0 saturated carbocycles. The fourth-order valence-electron chi connectivity index (χ4n) is 3.05. The highest BCUT2D eigenvalue weighted by Crippen LogP contribution is 2.26. The molecule has 0 bridgehead atoms. The standard InChI is InChI=1S/C20H18N2O5S/c1-28-10-9-16(17(23)21-13-6-4-5-12(11-13)20(26)27)22-18(24)14-7-2-3-8-15(14)19(22)25/h2-8,11,16H,9-10H2,1H3,(H,21,23)(H,26,27)/p-1/t16-/m1/s1. The van der Waals surface area contributed by atoms with Crippen molar-refractivity contribution < 1.29 is 24.3 Å². The van der Waals surface area contributed by atoms with Crippen LogP contribution >= 0.6 is 11.8 Å².